The first-order valence-electron chi connectivity index (χ1n) is 12.5. The molecule has 0 spiro atoms. The van der Waals surface area contributed by atoms with Gasteiger partial charge in [0.25, 0.3) is 0 Å². The van der Waals surface area contributed by atoms with Gasteiger partial charge in [-0.2, -0.15) is 5.10 Å². The van der Waals surface area contributed by atoms with Crippen LogP contribution >= 0.6 is 0 Å². The van der Waals surface area contributed by atoms with Gasteiger partial charge in [0, 0.05) is 26.2 Å². The van der Waals surface area contributed by atoms with E-state index in [0.29, 0.717) is 32.2 Å². The van der Waals surface area contributed by atoms with Crippen LogP contribution in [0.1, 0.15) is 43.5 Å². The smallest absolute Gasteiger partial charge is 0.227 e. The van der Waals surface area contributed by atoms with Crippen LogP contribution in [0.5, 0.6) is 11.6 Å². The van der Waals surface area contributed by atoms with Crippen LogP contribution in [0, 0.1) is 12.8 Å². The highest BCUT2D eigenvalue weighted by Gasteiger charge is 2.28. The predicted octanol–water partition coefficient (Wildman–Crippen LogP) is 5.14. The molecule has 0 aliphatic heterocycles. The Kier molecular flexibility index (Phi) is 8.38. The summed E-state index contributed by atoms with van der Waals surface area (Å²) in [6.45, 7) is 9.33. The van der Waals surface area contributed by atoms with Crippen LogP contribution in [0.4, 0.5) is 0 Å². The molecule has 34 heavy (non-hydrogen) atoms. The van der Waals surface area contributed by atoms with Crippen molar-refractivity contribution >= 4 is 0 Å². The van der Waals surface area contributed by atoms with Crippen LogP contribution in [0.25, 0.3) is 5.69 Å². The topological polar surface area (TPSA) is 59.8 Å². The maximum absolute atomic E-state index is 10.6. The molecule has 2 aromatic carbocycles. The molecular weight excluding hydrogens is 426 g/mol. The largest absolute Gasteiger partial charge is 0.439 e. The van der Waals surface area contributed by atoms with Gasteiger partial charge in [-0.15, -0.1) is 0 Å². The minimum absolute atomic E-state index is 0.355. The lowest BCUT2D eigenvalue weighted by Crippen LogP contribution is -2.36. The second kappa shape index (κ2) is 11.6. The summed E-state index contributed by atoms with van der Waals surface area (Å²) in [5.74, 6) is 2.23. The zero-order valence-corrected chi connectivity index (χ0v) is 20.6. The van der Waals surface area contributed by atoms with Crippen LogP contribution in [-0.4, -0.2) is 52.2 Å². The van der Waals surface area contributed by atoms with Gasteiger partial charge in [0.05, 0.1) is 29.7 Å². The summed E-state index contributed by atoms with van der Waals surface area (Å²) in [6.07, 6.45) is 2.80. The summed E-state index contributed by atoms with van der Waals surface area (Å²) in [6, 6.07) is 18.2. The first-order valence-corrected chi connectivity index (χ1v) is 12.5. The first kappa shape index (κ1) is 24.5. The molecule has 1 aliphatic rings. The van der Waals surface area contributed by atoms with Gasteiger partial charge in [0.2, 0.25) is 5.88 Å². The van der Waals surface area contributed by atoms with Crippen molar-refractivity contribution < 1.29 is 14.6 Å². The average Bonchev–Trinajstić information content (AvgIpc) is 3.60. The van der Waals surface area contributed by atoms with E-state index in [1.54, 1.807) is 0 Å². The zero-order chi connectivity index (χ0) is 23.9. The summed E-state index contributed by atoms with van der Waals surface area (Å²) in [4.78, 5) is 2.34. The Bertz CT molecular complexity index is 1030. The number of ether oxygens (including phenoxy) is 2. The van der Waals surface area contributed by atoms with Crippen LogP contribution < -0.4 is 4.74 Å². The van der Waals surface area contributed by atoms with E-state index in [4.69, 9.17) is 14.6 Å². The monoisotopic (exact) mass is 463 g/mol. The Morgan fingerprint density at radius 1 is 1.09 bits per heavy atom. The van der Waals surface area contributed by atoms with E-state index in [2.05, 4.69) is 30.9 Å². The highest BCUT2D eigenvalue weighted by Crippen LogP contribution is 2.34. The molecular formula is C28H37N3O3. The molecule has 4 rings (SSSR count). The summed E-state index contributed by atoms with van der Waals surface area (Å²) < 4.78 is 13.9. The fraction of sp³-hybridized carbons (Fsp3) is 0.464. The number of hydrogen-bond donors (Lipinski definition) is 1. The molecule has 0 amide bonds. The lowest BCUT2D eigenvalue weighted by molar-refractivity contribution is 0.0186. The number of aliphatic hydroxyl groups excluding tert-OH is 1. The summed E-state index contributed by atoms with van der Waals surface area (Å²) in [7, 11) is 0. The van der Waals surface area contributed by atoms with E-state index in [-0.39, 0.29) is 0 Å². The number of para-hydroxylation sites is 1. The van der Waals surface area contributed by atoms with Crippen LogP contribution in [0.3, 0.4) is 0 Å². The molecule has 1 atom stereocenters. The summed E-state index contributed by atoms with van der Waals surface area (Å²) >= 11 is 0. The van der Waals surface area contributed by atoms with E-state index in [1.165, 1.54) is 18.4 Å². The summed E-state index contributed by atoms with van der Waals surface area (Å²) in [5, 5.41) is 15.6. The van der Waals surface area contributed by atoms with Crippen molar-refractivity contribution in [2.24, 2.45) is 5.92 Å². The SMILES string of the molecule is CCOC[C@H](O)CN(Cc1c(CC)nn(-c2ccccc2)c1Oc1ccc(C)cc1)CC1CC1. The lowest BCUT2D eigenvalue weighted by Gasteiger charge is -2.25. The van der Waals surface area contributed by atoms with E-state index in [9.17, 15) is 5.11 Å². The quantitative estimate of drug-likeness (QED) is 0.380. The highest BCUT2D eigenvalue weighted by atomic mass is 16.5. The van der Waals surface area contributed by atoms with E-state index < -0.39 is 6.10 Å². The number of aliphatic hydroxyl groups is 1. The van der Waals surface area contributed by atoms with Crippen LogP contribution in [0.15, 0.2) is 54.6 Å². The second-order valence-corrected chi connectivity index (χ2v) is 9.20. The molecule has 1 N–H and O–H groups in total. The Morgan fingerprint density at radius 3 is 2.47 bits per heavy atom. The molecule has 0 saturated heterocycles. The molecule has 3 aromatic rings. The van der Waals surface area contributed by atoms with Gasteiger partial charge in [0.15, 0.2) is 0 Å². The molecule has 1 fully saturated rings. The number of rotatable bonds is 13. The maximum atomic E-state index is 10.6. The third kappa shape index (κ3) is 6.47. The number of aromatic nitrogens is 2. The Labute approximate surface area is 203 Å². The van der Waals surface area contributed by atoms with Crippen molar-refractivity contribution in [3.8, 4) is 17.3 Å². The molecule has 1 aliphatic carbocycles. The second-order valence-electron chi connectivity index (χ2n) is 9.20. The third-order valence-corrected chi connectivity index (χ3v) is 6.17. The molecule has 6 heteroatoms. The van der Waals surface area contributed by atoms with Crippen molar-refractivity contribution in [3.63, 3.8) is 0 Å². The molecule has 0 unspecified atom stereocenters. The van der Waals surface area contributed by atoms with Crippen molar-refractivity contribution in [1.82, 2.24) is 14.7 Å². The van der Waals surface area contributed by atoms with Crippen molar-refractivity contribution in [1.29, 1.82) is 0 Å². The molecule has 1 aromatic heterocycles. The summed E-state index contributed by atoms with van der Waals surface area (Å²) in [5.41, 5.74) is 4.26. The number of nitrogens with zero attached hydrogens (tertiary/aromatic N) is 3. The van der Waals surface area contributed by atoms with E-state index in [0.717, 1.165) is 41.5 Å². The fourth-order valence-electron chi connectivity index (χ4n) is 4.19. The number of benzene rings is 2. The van der Waals surface area contributed by atoms with Crippen molar-refractivity contribution in [2.75, 3.05) is 26.3 Å². The van der Waals surface area contributed by atoms with Gasteiger partial charge >= 0.3 is 0 Å². The van der Waals surface area contributed by atoms with Crippen molar-refractivity contribution in [3.05, 3.63) is 71.4 Å². The minimum Gasteiger partial charge on any atom is -0.439 e. The van der Waals surface area contributed by atoms with E-state index >= 15 is 0 Å². The standard InChI is InChI=1S/C28H37N3O3/c1-4-27-26(19-30(17-22-13-14-22)18-24(32)20-33-5-2)28(34-25-15-11-21(3)12-16-25)31(29-27)23-9-7-6-8-10-23/h6-12,15-16,22,24,32H,4-5,13-14,17-20H2,1-3H3/t24-/m1/s1. The highest BCUT2D eigenvalue weighted by molar-refractivity contribution is 5.44. The third-order valence-electron chi connectivity index (χ3n) is 6.17. The van der Waals surface area contributed by atoms with Gasteiger partial charge in [-0.1, -0.05) is 42.8 Å². The average molecular weight is 464 g/mol. The van der Waals surface area contributed by atoms with Gasteiger partial charge in [-0.3, -0.25) is 4.90 Å². The molecule has 6 nitrogen and oxygen atoms in total. The van der Waals surface area contributed by atoms with Gasteiger partial charge in [-0.25, -0.2) is 4.68 Å². The van der Waals surface area contributed by atoms with Gasteiger partial charge in [-0.05, 0) is 63.3 Å². The normalized spacial score (nSPS) is 14.5. The predicted molar refractivity (Wildman–Crippen MR) is 135 cm³/mol. The molecule has 182 valence electrons. The van der Waals surface area contributed by atoms with Gasteiger partial charge < -0.3 is 14.6 Å². The molecule has 1 heterocycles. The zero-order valence-electron chi connectivity index (χ0n) is 20.6. The molecule has 1 saturated carbocycles. The maximum Gasteiger partial charge on any atom is 0.227 e. The fourth-order valence-corrected chi connectivity index (χ4v) is 4.19. The number of hydrogen-bond acceptors (Lipinski definition) is 5. The van der Waals surface area contributed by atoms with Crippen molar-refractivity contribution in [2.45, 2.75) is 52.7 Å². The first-order chi connectivity index (χ1) is 16.6. The lowest BCUT2D eigenvalue weighted by atomic mass is 10.1. The van der Waals surface area contributed by atoms with Crippen LogP contribution in [-0.2, 0) is 17.7 Å². The van der Waals surface area contributed by atoms with E-state index in [1.807, 2.05) is 54.1 Å². The number of aryl methyl sites for hydroxylation is 2. The van der Waals surface area contributed by atoms with Crippen LogP contribution in [0.2, 0.25) is 0 Å². The molecule has 0 radical (unpaired) electrons. The Morgan fingerprint density at radius 2 is 1.82 bits per heavy atom. The molecule has 0 bridgehead atoms. The minimum atomic E-state index is -0.519. The van der Waals surface area contributed by atoms with Gasteiger partial charge in [0.1, 0.15) is 5.75 Å². The Hall–Kier alpha value is -2.67. The Balaban J connectivity index is 1.68.